The van der Waals surface area contributed by atoms with Crippen LogP contribution in [0.15, 0.2) is 22.7 Å². The first kappa shape index (κ1) is 13.9. The van der Waals surface area contributed by atoms with E-state index in [1.165, 1.54) is 13.2 Å². The third-order valence-corrected chi connectivity index (χ3v) is 2.99. The molecule has 2 N–H and O–H groups in total. The minimum atomic E-state index is -1.19. The number of aromatic hydroxyl groups is 1. The molecule has 2 rings (SSSR count). The van der Waals surface area contributed by atoms with Crippen molar-refractivity contribution in [3.8, 4) is 22.8 Å². The Balaban J connectivity index is 2.65. The molecule has 0 amide bonds. The number of methoxy groups -OCH3 is 1. The molecule has 2 aromatic rings. The second-order valence-electron chi connectivity index (χ2n) is 4.62. The number of ether oxygens (including phenoxy) is 1. The molecule has 0 aliphatic heterocycles. The fraction of sp³-hybridized carbons (Fsp3) is 0.286. The Bertz CT molecular complexity index is 645. The highest BCUT2D eigenvalue weighted by atomic mass is 16.5. The highest BCUT2D eigenvalue weighted by Gasteiger charge is 2.22. The van der Waals surface area contributed by atoms with Gasteiger partial charge in [-0.3, -0.25) is 0 Å². The summed E-state index contributed by atoms with van der Waals surface area (Å²) in [7, 11) is 1.44. The molecule has 1 heterocycles. The van der Waals surface area contributed by atoms with Gasteiger partial charge in [-0.1, -0.05) is 25.1 Å². The maximum atomic E-state index is 10.9. The number of phenolic OH excluding ortho intramolecular Hbond substituents is 1. The van der Waals surface area contributed by atoms with E-state index >= 15 is 0 Å². The highest BCUT2D eigenvalue weighted by Crippen LogP contribution is 2.42. The molecule has 0 fully saturated rings. The largest absolute Gasteiger partial charge is 0.504 e. The Labute approximate surface area is 115 Å². The van der Waals surface area contributed by atoms with Crippen molar-refractivity contribution in [1.82, 2.24) is 5.16 Å². The van der Waals surface area contributed by atoms with E-state index < -0.39 is 5.97 Å². The molecule has 106 valence electrons. The number of carboxylic acid groups (broad SMARTS) is 1. The number of carboxylic acids is 1. The van der Waals surface area contributed by atoms with Gasteiger partial charge in [0.1, 0.15) is 0 Å². The van der Waals surface area contributed by atoms with Crippen LogP contribution in [-0.2, 0) is 0 Å². The normalized spacial score (nSPS) is 10.8. The minimum Gasteiger partial charge on any atom is -0.504 e. The number of rotatable bonds is 4. The van der Waals surface area contributed by atoms with Crippen LogP contribution in [0.1, 0.15) is 35.8 Å². The van der Waals surface area contributed by atoms with Crippen LogP contribution in [0.4, 0.5) is 0 Å². The maximum absolute atomic E-state index is 10.9. The van der Waals surface area contributed by atoms with Gasteiger partial charge in [-0.25, -0.2) is 4.79 Å². The highest BCUT2D eigenvalue weighted by molar-refractivity contribution is 5.87. The lowest BCUT2D eigenvalue weighted by molar-refractivity contribution is 0.0686. The lowest BCUT2D eigenvalue weighted by atomic mass is 9.94. The first-order chi connectivity index (χ1) is 9.45. The van der Waals surface area contributed by atoms with Gasteiger partial charge in [0.25, 0.3) is 0 Å². The molecule has 0 unspecified atom stereocenters. The van der Waals surface area contributed by atoms with Crippen LogP contribution in [0, 0.1) is 0 Å². The quantitative estimate of drug-likeness (QED) is 0.892. The molecule has 6 nitrogen and oxygen atoms in total. The molecule has 0 aliphatic rings. The van der Waals surface area contributed by atoms with E-state index in [-0.39, 0.29) is 28.9 Å². The van der Waals surface area contributed by atoms with Gasteiger partial charge in [0, 0.05) is 6.07 Å². The van der Waals surface area contributed by atoms with Gasteiger partial charge in [-0.05, 0) is 17.5 Å². The summed E-state index contributed by atoms with van der Waals surface area (Å²) in [4.78, 5) is 10.9. The molecule has 0 spiro atoms. The number of hydrogen-bond acceptors (Lipinski definition) is 5. The number of phenols is 1. The number of aromatic nitrogens is 1. The summed E-state index contributed by atoms with van der Waals surface area (Å²) in [5.41, 5.74) is 1.01. The topological polar surface area (TPSA) is 92.8 Å². The summed E-state index contributed by atoms with van der Waals surface area (Å²) in [5.74, 6) is -0.680. The second-order valence-corrected chi connectivity index (χ2v) is 4.62. The fourth-order valence-corrected chi connectivity index (χ4v) is 1.99. The van der Waals surface area contributed by atoms with Crippen molar-refractivity contribution in [1.29, 1.82) is 0 Å². The van der Waals surface area contributed by atoms with Crippen molar-refractivity contribution in [3.63, 3.8) is 0 Å². The van der Waals surface area contributed by atoms with Crippen LogP contribution in [0.5, 0.6) is 11.5 Å². The zero-order valence-electron chi connectivity index (χ0n) is 11.4. The second kappa shape index (κ2) is 5.24. The SMILES string of the molecule is COc1ccc(C(C)C)c(-c2cc(C(=O)O)no2)c1O. The van der Waals surface area contributed by atoms with E-state index in [0.717, 1.165) is 5.56 Å². The summed E-state index contributed by atoms with van der Waals surface area (Å²) < 4.78 is 10.1. The van der Waals surface area contributed by atoms with Crippen LogP contribution in [0.3, 0.4) is 0 Å². The first-order valence-corrected chi connectivity index (χ1v) is 6.06. The van der Waals surface area contributed by atoms with Crippen LogP contribution in [0.25, 0.3) is 11.3 Å². The molecule has 6 heteroatoms. The van der Waals surface area contributed by atoms with E-state index in [0.29, 0.717) is 5.56 Å². The van der Waals surface area contributed by atoms with Crippen molar-refractivity contribution < 1.29 is 24.3 Å². The minimum absolute atomic E-state index is 0.0909. The average Bonchev–Trinajstić information content (AvgIpc) is 2.87. The smallest absolute Gasteiger partial charge is 0.358 e. The fourth-order valence-electron chi connectivity index (χ4n) is 1.99. The van der Waals surface area contributed by atoms with Crippen LogP contribution in [0.2, 0.25) is 0 Å². The van der Waals surface area contributed by atoms with Gasteiger partial charge in [0.05, 0.1) is 12.7 Å². The summed E-state index contributed by atoms with van der Waals surface area (Å²) in [5, 5.41) is 22.6. The van der Waals surface area contributed by atoms with E-state index in [1.54, 1.807) is 6.07 Å². The first-order valence-electron chi connectivity index (χ1n) is 6.06. The van der Waals surface area contributed by atoms with Crippen LogP contribution < -0.4 is 4.74 Å². The molecule has 1 aromatic heterocycles. The lowest BCUT2D eigenvalue weighted by Crippen LogP contribution is -1.96. The van der Waals surface area contributed by atoms with Crippen molar-refractivity contribution >= 4 is 5.97 Å². The van der Waals surface area contributed by atoms with Crippen LogP contribution >= 0.6 is 0 Å². The maximum Gasteiger partial charge on any atom is 0.358 e. The molecule has 0 bridgehead atoms. The Kier molecular flexibility index (Phi) is 3.65. The summed E-state index contributed by atoms with van der Waals surface area (Å²) in [6.45, 7) is 3.92. The van der Waals surface area contributed by atoms with E-state index in [1.807, 2.05) is 19.9 Å². The standard InChI is InChI=1S/C14H15NO5/c1-7(2)8-4-5-10(19-3)13(16)12(8)11-6-9(14(17)18)15-20-11/h4-7,16H,1-3H3,(H,17,18). The van der Waals surface area contributed by atoms with Crippen molar-refractivity contribution in [3.05, 3.63) is 29.5 Å². The van der Waals surface area contributed by atoms with E-state index in [2.05, 4.69) is 5.16 Å². The number of hydrogen-bond donors (Lipinski definition) is 2. The Morgan fingerprint density at radius 1 is 1.40 bits per heavy atom. The van der Waals surface area contributed by atoms with Gasteiger partial charge in [-0.15, -0.1) is 0 Å². The molecule has 0 radical (unpaired) electrons. The van der Waals surface area contributed by atoms with Crippen LogP contribution in [-0.4, -0.2) is 28.4 Å². The molecule has 0 saturated heterocycles. The predicted octanol–water partition coefficient (Wildman–Crippen LogP) is 2.88. The van der Waals surface area contributed by atoms with Gasteiger partial charge in [0.15, 0.2) is 23.0 Å². The molecule has 0 saturated carbocycles. The summed E-state index contributed by atoms with van der Waals surface area (Å²) in [6.07, 6.45) is 0. The number of aromatic carboxylic acids is 1. The zero-order chi connectivity index (χ0) is 14.9. The molecule has 1 aromatic carbocycles. The van der Waals surface area contributed by atoms with Crippen molar-refractivity contribution in [2.75, 3.05) is 7.11 Å². The third kappa shape index (κ3) is 2.32. The van der Waals surface area contributed by atoms with Gasteiger partial charge in [0.2, 0.25) is 0 Å². The number of nitrogens with zero attached hydrogens (tertiary/aromatic N) is 1. The van der Waals surface area contributed by atoms with Gasteiger partial charge >= 0.3 is 5.97 Å². The number of benzene rings is 1. The summed E-state index contributed by atoms with van der Waals surface area (Å²) >= 11 is 0. The lowest BCUT2D eigenvalue weighted by Gasteiger charge is -2.14. The molecular weight excluding hydrogens is 262 g/mol. The van der Waals surface area contributed by atoms with E-state index in [4.69, 9.17) is 14.4 Å². The predicted molar refractivity (Wildman–Crippen MR) is 71.2 cm³/mol. The summed E-state index contributed by atoms with van der Waals surface area (Å²) in [6, 6.07) is 4.74. The third-order valence-electron chi connectivity index (χ3n) is 2.99. The van der Waals surface area contributed by atoms with Crippen molar-refractivity contribution in [2.45, 2.75) is 19.8 Å². The monoisotopic (exact) mass is 277 g/mol. The molecular formula is C14H15NO5. The Morgan fingerprint density at radius 2 is 2.10 bits per heavy atom. The Hall–Kier alpha value is -2.50. The van der Waals surface area contributed by atoms with Crippen molar-refractivity contribution in [2.24, 2.45) is 0 Å². The van der Waals surface area contributed by atoms with Gasteiger partial charge in [-0.2, -0.15) is 0 Å². The number of carbonyl (C=O) groups is 1. The Morgan fingerprint density at radius 3 is 2.60 bits per heavy atom. The molecule has 20 heavy (non-hydrogen) atoms. The molecule has 0 aliphatic carbocycles. The van der Waals surface area contributed by atoms with Gasteiger partial charge < -0.3 is 19.5 Å². The zero-order valence-corrected chi connectivity index (χ0v) is 11.4. The van der Waals surface area contributed by atoms with E-state index in [9.17, 15) is 9.90 Å². The molecule has 0 atom stereocenters. The average molecular weight is 277 g/mol.